The normalized spacial score (nSPS) is 11.8. The molecule has 0 saturated heterocycles. The Labute approximate surface area is 192 Å². The SMILES string of the molecule is Cn1cc(-c2ccc(NC(=O)C(NCCc3ccc(Cl)cc3)c3ccccc3)nc2)cn1. The Morgan fingerprint density at radius 2 is 1.78 bits per heavy atom. The van der Waals surface area contributed by atoms with E-state index in [4.69, 9.17) is 11.6 Å². The van der Waals surface area contributed by atoms with E-state index >= 15 is 0 Å². The minimum atomic E-state index is -0.497. The number of carbonyl (C=O) groups is 1. The lowest BCUT2D eigenvalue weighted by atomic mass is 10.1. The molecule has 0 radical (unpaired) electrons. The summed E-state index contributed by atoms with van der Waals surface area (Å²) in [4.78, 5) is 17.5. The first kappa shape index (κ1) is 21.7. The molecule has 0 aliphatic rings. The van der Waals surface area contributed by atoms with Crippen LogP contribution in [0.3, 0.4) is 0 Å². The van der Waals surface area contributed by atoms with Crippen molar-refractivity contribution >= 4 is 23.3 Å². The number of carbonyl (C=O) groups excluding carboxylic acids is 1. The van der Waals surface area contributed by atoms with Gasteiger partial charge < -0.3 is 10.6 Å². The van der Waals surface area contributed by atoms with Gasteiger partial charge in [-0.2, -0.15) is 5.10 Å². The first-order chi connectivity index (χ1) is 15.6. The average Bonchev–Trinajstić information content (AvgIpc) is 3.25. The van der Waals surface area contributed by atoms with Gasteiger partial charge in [0.2, 0.25) is 5.91 Å². The van der Waals surface area contributed by atoms with E-state index in [-0.39, 0.29) is 5.91 Å². The number of halogens is 1. The zero-order chi connectivity index (χ0) is 22.3. The molecule has 2 aromatic carbocycles. The fourth-order valence-electron chi connectivity index (χ4n) is 3.43. The molecule has 2 aromatic heterocycles. The predicted octanol–water partition coefficient (Wildman–Crippen LogP) is 4.65. The number of hydrogen-bond acceptors (Lipinski definition) is 4. The van der Waals surface area contributed by atoms with Gasteiger partial charge in [-0.15, -0.1) is 0 Å². The van der Waals surface area contributed by atoms with Gasteiger partial charge in [0.15, 0.2) is 0 Å². The lowest BCUT2D eigenvalue weighted by molar-refractivity contribution is -0.118. The van der Waals surface area contributed by atoms with Crippen molar-refractivity contribution in [3.8, 4) is 11.1 Å². The van der Waals surface area contributed by atoms with Gasteiger partial charge in [-0.25, -0.2) is 4.98 Å². The molecule has 0 aliphatic heterocycles. The molecule has 32 heavy (non-hydrogen) atoms. The van der Waals surface area contributed by atoms with Crippen LogP contribution in [0.4, 0.5) is 5.82 Å². The van der Waals surface area contributed by atoms with Crippen LogP contribution in [-0.2, 0) is 18.3 Å². The molecule has 2 N–H and O–H groups in total. The highest BCUT2D eigenvalue weighted by Gasteiger charge is 2.20. The Bertz CT molecular complexity index is 1160. The molecule has 0 fully saturated rings. The maximum atomic E-state index is 13.1. The molecule has 4 aromatic rings. The minimum Gasteiger partial charge on any atom is -0.309 e. The summed E-state index contributed by atoms with van der Waals surface area (Å²) in [5.74, 6) is 0.344. The molecule has 0 saturated carbocycles. The standard InChI is InChI=1S/C25H24ClN5O/c1-31-17-21(16-29-31)20-9-12-23(28-15-20)30-25(32)24(19-5-3-2-4-6-19)27-14-13-18-7-10-22(26)11-8-18/h2-12,15-17,24,27H,13-14H2,1H3,(H,28,30,32). The van der Waals surface area contributed by atoms with Crippen LogP contribution in [-0.4, -0.2) is 27.2 Å². The summed E-state index contributed by atoms with van der Waals surface area (Å²) in [6, 6.07) is 20.6. The number of hydrogen-bond donors (Lipinski definition) is 2. The van der Waals surface area contributed by atoms with E-state index < -0.39 is 6.04 Å². The van der Waals surface area contributed by atoms with Gasteiger partial charge in [0.25, 0.3) is 0 Å². The molecule has 162 valence electrons. The smallest absolute Gasteiger partial charge is 0.247 e. The average molecular weight is 446 g/mol. The van der Waals surface area contributed by atoms with Crippen molar-refractivity contribution in [2.24, 2.45) is 7.05 Å². The van der Waals surface area contributed by atoms with Gasteiger partial charge in [-0.05, 0) is 41.8 Å². The molecule has 0 spiro atoms. The molecule has 2 heterocycles. The summed E-state index contributed by atoms with van der Waals surface area (Å²) in [5, 5.41) is 11.2. The maximum Gasteiger partial charge on any atom is 0.247 e. The fraction of sp³-hybridized carbons (Fsp3) is 0.160. The molecule has 1 atom stereocenters. The second-order valence-corrected chi connectivity index (χ2v) is 7.93. The molecule has 0 aliphatic carbocycles. The Hall–Kier alpha value is -3.48. The summed E-state index contributed by atoms with van der Waals surface area (Å²) in [7, 11) is 1.87. The molecule has 6 nitrogen and oxygen atoms in total. The number of pyridine rings is 1. The quantitative estimate of drug-likeness (QED) is 0.414. The number of rotatable bonds is 8. The Balaban J connectivity index is 1.43. The largest absolute Gasteiger partial charge is 0.309 e. The summed E-state index contributed by atoms with van der Waals surface area (Å²) in [6.45, 7) is 0.641. The summed E-state index contributed by atoms with van der Waals surface area (Å²) in [6.07, 6.45) is 6.22. The van der Waals surface area contributed by atoms with Crippen LogP contribution in [0.15, 0.2) is 85.3 Å². The lowest BCUT2D eigenvalue weighted by Gasteiger charge is -2.19. The number of aromatic nitrogens is 3. The number of benzene rings is 2. The van der Waals surface area contributed by atoms with E-state index in [1.165, 1.54) is 0 Å². The Kier molecular flexibility index (Phi) is 6.94. The van der Waals surface area contributed by atoms with Crippen LogP contribution < -0.4 is 10.6 Å². The Morgan fingerprint density at radius 1 is 1.00 bits per heavy atom. The van der Waals surface area contributed by atoms with Gasteiger partial charge >= 0.3 is 0 Å². The topological polar surface area (TPSA) is 71.8 Å². The molecular formula is C25H24ClN5O. The predicted molar refractivity (Wildman–Crippen MR) is 127 cm³/mol. The van der Waals surface area contributed by atoms with E-state index in [9.17, 15) is 4.79 Å². The maximum absolute atomic E-state index is 13.1. The van der Waals surface area contributed by atoms with Crippen LogP contribution in [0.1, 0.15) is 17.2 Å². The summed E-state index contributed by atoms with van der Waals surface area (Å²) < 4.78 is 1.74. The third-order valence-electron chi connectivity index (χ3n) is 5.12. The van der Waals surface area contributed by atoms with E-state index in [1.807, 2.05) is 73.9 Å². The van der Waals surface area contributed by atoms with E-state index in [1.54, 1.807) is 23.1 Å². The van der Waals surface area contributed by atoms with Crippen LogP contribution in [0.2, 0.25) is 5.02 Å². The number of amides is 1. The zero-order valence-corrected chi connectivity index (χ0v) is 18.5. The monoisotopic (exact) mass is 445 g/mol. The number of nitrogens with one attached hydrogen (secondary N) is 2. The van der Waals surface area contributed by atoms with Gasteiger partial charge in [0.1, 0.15) is 11.9 Å². The molecule has 0 bridgehead atoms. The highest BCUT2D eigenvalue weighted by atomic mass is 35.5. The molecule has 1 unspecified atom stereocenters. The van der Waals surface area contributed by atoms with E-state index in [2.05, 4.69) is 20.7 Å². The number of aryl methyl sites for hydroxylation is 1. The number of nitrogens with zero attached hydrogens (tertiary/aromatic N) is 3. The van der Waals surface area contributed by atoms with Gasteiger partial charge in [0, 0.05) is 42.1 Å². The van der Waals surface area contributed by atoms with Crippen LogP contribution >= 0.6 is 11.6 Å². The van der Waals surface area contributed by atoms with Crippen molar-refractivity contribution in [2.75, 3.05) is 11.9 Å². The lowest BCUT2D eigenvalue weighted by Crippen LogP contribution is -2.34. The molecular weight excluding hydrogens is 422 g/mol. The summed E-state index contributed by atoms with van der Waals surface area (Å²) >= 11 is 5.96. The fourth-order valence-corrected chi connectivity index (χ4v) is 3.55. The van der Waals surface area contributed by atoms with Gasteiger partial charge in [-0.1, -0.05) is 54.1 Å². The van der Waals surface area contributed by atoms with Crippen molar-refractivity contribution in [3.05, 3.63) is 101 Å². The van der Waals surface area contributed by atoms with Gasteiger partial charge in [0.05, 0.1) is 6.20 Å². The van der Waals surface area contributed by atoms with Crippen molar-refractivity contribution in [3.63, 3.8) is 0 Å². The third-order valence-corrected chi connectivity index (χ3v) is 5.38. The van der Waals surface area contributed by atoms with Crippen molar-refractivity contribution in [1.29, 1.82) is 0 Å². The van der Waals surface area contributed by atoms with Gasteiger partial charge in [-0.3, -0.25) is 9.48 Å². The second kappa shape index (κ2) is 10.2. The van der Waals surface area contributed by atoms with Crippen LogP contribution in [0, 0.1) is 0 Å². The highest BCUT2D eigenvalue weighted by Crippen LogP contribution is 2.20. The van der Waals surface area contributed by atoms with Crippen molar-refractivity contribution in [1.82, 2.24) is 20.1 Å². The van der Waals surface area contributed by atoms with Crippen LogP contribution in [0.25, 0.3) is 11.1 Å². The van der Waals surface area contributed by atoms with Crippen LogP contribution in [0.5, 0.6) is 0 Å². The highest BCUT2D eigenvalue weighted by molar-refractivity contribution is 6.30. The van der Waals surface area contributed by atoms with Crippen molar-refractivity contribution in [2.45, 2.75) is 12.5 Å². The molecule has 1 amide bonds. The molecule has 7 heteroatoms. The summed E-state index contributed by atoms with van der Waals surface area (Å²) in [5.41, 5.74) is 3.97. The minimum absolute atomic E-state index is 0.158. The van der Waals surface area contributed by atoms with E-state index in [0.717, 1.165) is 28.7 Å². The third kappa shape index (κ3) is 5.60. The number of anilines is 1. The Morgan fingerprint density at radius 3 is 2.44 bits per heavy atom. The van der Waals surface area contributed by atoms with E-state index in [0.29, 0.717) is 17.4 Å². The van der Waals surface area contributed by atoms with Crippen molar-refractivity contribution < 1.29 is 4.79 Å². The molecule has 4 rings (SSSR count). The first-order valence-electron chi connectivity index (χ1n) is 10.4. The zero-order valence-electron chi connectivity index (χ0n) is 17.7. The first-order valence-corrected chi connectivity index (χ1v) is 10.7. The second-order valence-electron chi connectivity index (χ2n) is 7.50.